The molecule has 2 aromatic carbocycles. The maximum Gasteiger partial charge on any atom is 0.127 e. The number of benzene rings is 2. The van der Waals surface area contributed by atoms with Crippen LogP contribution in [-0.2, 0) is 6.42 Å². The lowest BCUT2D eigenvalue weighted by Gasteiger charge is -2.15. The van der Waals surface area contributed by atoms with Gasteiger partial charge in [-0.3, -0.25) is 0 Å². The normalized spacial score (nSPS) is 14.9. The van der Waals surface area contributed by atoms with Crippen LogP contribution in [0.1, 0.15) is 22.1 Å². The number of hydrogen-bond acceptors (Lipinski definition) is 1. The molecule has 1 nitrogen and oxygen atoms in total. The second-order valence-corrected chi connectivity index (χ2v) is 5.37. The number of rotatable bonds is 2. The largest absolute Gasteiger partial charge is 0.493 e. The molecule has 19 heavy (non-hydrogen) atoms. The fourth-order valence-electron chi connectivity index (χ4n) is 2.30. The molecule has 0 fully saturated rings. The van der Waals surface area contributed by atoms with Crippen molar-refractivity contribution in [2.45, 2.75) is 11.8 Å². The molecule has 0 saturated heterocycles. The van der Waals surface area contributed by atoms with E-state index in [2.05, 4.69) is 0 Å². The summed E-state index contributed by atoms with van der Waals surface area (Å²) >= 11 is 12.6. The SMILES string of the molecule is Fc1ccc(C(Cl)c2cc(Cl)cc3c2OCC3)cc1. The molecule has 1 atom stereocenters. The van der Waals surface area contributed by atoms with Crippen molar-refractivity contribution < 1.29 is 9.13 Å². The second kappa shape index (κ2) is 5.03. The quantitative estimate of drug-likeness (QED) is 0.727. The Morgan fingerprint density at radius 1 is 1.16 bits per heavy atom. The predicted molar refractivity (Wildman–Crippen MR) is 74.7 cm³/mol. The monoisotopic (exact) mass is 296 g/mol. The zero-order chi connectivity index (χ0) is 13.4. The Labute approximate surface area is 120 Å². The molecule has 0 bridgehead atoms. The van der Waals surface area contributed by atoms with Gasteiger partial charge in [0.1, 0.15) is 11.6 Å². The van der Waals surface area contributed by atoms with Gasteiger partial charge in [-0.2, -0.15) is 0 Å². The fourth-order valence-corrected chi connectivity index (χ4v) is 2.85. The second-order valence-electron chi connectivity index (χ2n) is 4.50. The van der Waals surface area contributed by atoms with Crippen LogP contribution in [0, 0.1) is 5.82 Å². The molecule has 0 amide bonds. The van der Waals surface area contributed by atoms with Gasteiger partial charge in [0, 0.05) is 17.0 Å². The van der Waals surface area contributed by atoms with Crippen molar-refractivity contribution >= 4 is 23.2 Å². The minimum Gasteiger partial charge on any atom is -0.493 e. The molecule has 0 aliphatic carbocycles. The number of fused-ring (bicyclic) bond motifs is 1. The van der Waals surface area contributed by atoms with Gasteiger partial charge in [0.15, 0.2) is 0 Å². The predicted octanol–water partition coefficient (Wildman–Crippen LogP) is 4.74. The van der Waals surface area contributed by atoms with E-state index in [0.29, 0.717) is 11.6 Å². The van der Waals surface area contributed by atoms with Crippen molar-refractivity contribution in [3.8, 4) is 5.75 Å². The number of halogens is 3. The minimum absolute atomic E-state index is 0.278. The summed E-state index contributed by atoms with van der Waals surface area (Å²) in [6.07, 6.45) is 0.843. The first-order valence-corrected chi connectivity index (χ1v) is 6.81. The molecule has 0 saturated carbocycles. The van der Waals surface area contributed by atoms with Crippen molar-refractivity contribution in [1.82, 2.24) is 0 Å². The molecule has 1 aliphatic heterocycles. The van der Waals surface area contributed by atoms with Gasteiger partial charge in [-0.1, -0.05) is 23.7 Å². The van der Waals surface area contributed by atoms with Crippen LogP contribution in [0.3, 0.4) is 0 Å². The van der Waals surface area contributed by atoms with Crippen LogP contribution in [0.25, 0.3) is 0 Å². The summed E-state index contributed by atoms with van der Waals surface area (Å²) in [7, 11) is 0. The first-order chi connectivity index (χ1) is 9.15. The summed E-state index contributed by atoms with van der Waals surface area (Å²) in [6, 6.07) is 9.87. The molecule has 0 aromatic heterocycles. The highest BCUT2D eigenvalue weighted by atomic mass is 35.5. The Balaban J connectivity index is 2.04. The van der Waals surface area contributed by atoms with Crippen LogP contribution in [0.2, 0.25) is 5.02 Å². The Morgan fingerprint density at radius 3 is 2.63 bits per heavy atom. The third-order valence-electron chi connectivity index (χ3n) is 3.21. The van der Waals surface area contributed by atoms with E-state index in [0.717, 1.165) is 28.9 Å². The van der Waals surface area contributed by atoms with E-state index in [9.17, 15) is 4.39 Å². The Kier molecular flexibility index (Phi) is 3.38. The molecule has 98 valence electrons. The first-order valence-electron chi connectivity index (χ1n) is 6.00. The average molecular weight is 297 g/mol. The molecular weight excluding hydrogens is 286 g/mol. The highest BCUT2D eigenvalue weighted by Crippen LogP contribution is 2.41. The van der Waals surface area contributed by atoms with Gasteiger partial charge < -0.3 is 4.74 Å². The van der Waals surface area contributed by atoms with E-state index in [1.807, 2.05) is 12.1 Å². The van der Waals surface area contributed by atoms with Crippen LogP contribution < -0.4 is 4.74 Å². The average Bonchev–Trinajstić information content (AvgIpc) is 2.85. The third-order valence-corrected chi connectivity index (χ3v) is 3.92. The number of alkyl halides is 1. The van der Waals surface area contributed by atoms with Gasteiger partial charge >= 0.3 is 0 Å². The molecule has 1 heterocycles. The lowest BCUT2D eigenvalue weighted by Crippen LogP contribution is -1.97. The van der Waals surface area contributed by atoms with Crippen molar-refractivity contribution in [1.29, 1.82) is 0 Å². The van der Waals surface area contributed by atoms with E-state index in [1.54, 1.807) is 12.1 Å². The van der Waals surface area contributed by atoms with Crippen molar-refractivity contribution in [2.24, 2.45) is 0 Å². The van der Waals surface area contributed by atoms with E-state index >= 15 is 0 Å². The molecule has 4 heteroatoms. The summed E-state index contributed by atoms with van der Waals surface area (Å²) in [5.74, 6) is 0.536. The van der Waals surface area contributed by atoms with Crippen molar-refractivity contribution in [3.63, 3.8) is 0 Å². The van der Waals surface area contributed by atoms with Crippen LogP contribution >= 0.6 is 23.2 Å². The van der Waals surface area contributed by atoms with E-state index in [4.69, 9.17) is 27.9 Å². The van der Waals surface area contributed by atoms with E-state index in [-0.39, 0.29) is 5.82 Å². The van der Waals surface area contributed by atoms with Gasteiger partial charge in [-0.15, -0.1) is 11.6 Å². The molecule has 1 unspecified atom stereocenters. The molecular formula is C15H11Cl2FO. The highest BCUT2D eigenvalue weighted by Gasteiger charge is 2.23. The Hall–Kier alpha value is -1.25. The Bertz CT molecular complexity index is 610. The zero-order valence-electron chi connectivity index (χ0n) is 10.00. The van der Waals surface area contributed by atoms with Crippen molar-refractivity contribution in [2.75, 3.05) is 6.61 Å². The zero-order valence-corrected chi connectivity index (χ0v) is 11.5. The van der Waals surface area contributed by atoms with Crippen LogP contribution in [0.15, 0.2) is 36.4 Å². The summed E-state index contributed by atoms with van der Waals surface area (Å²) in [5.41, 5.74) is 2.74. The van der Waals surface area contributed by atoms with Crippen molar-refractivity contribution in [3.05, 3.63) is 63.9 Å². The van der Waals surface area contributed by atoms with Gasteiger partial charge in [0.25, 0.3) is 0 Å². The third kappa shape index (κ3) is 2.43. The van der Waals surface area contributed by atoms with E-state index < -0.39 is 5.38 Å². The highest BCUT2D eigenvalue weighted by molar-refractivity contribution is 6.31. The minimum atomic E-state index is -0.397. The maximum absolute atomic E-state index is 12.9. The molecule has 2 aromatic rings. The lowest BCUT2D eigenvalue weighted by molar-refractivity contribution is 0.353. The maximum atomic E-state index is 12.9. The molecule has 0 radical (unpaired) electrons. The van der Waals surface area contributed by atoms with Crippen LogP contribution in [0.5, 0.6) is 5.75 Å². The van der Waals surface area contributed by atoms with Crippen LogP contribution in [0.4, 0.5) is 4.39 Å². The van der Waals surface area contributed by atoms with Gasteiger partial charge in [0.2, 0.25) is 0 Å². The standard InChI is InChI=1S/C15H11Cl2FO/c16-11-7-10-5-6-19-15(10)13(8-11)14(17)9-1-3-12(18)4-2-9/h1-4,7-8,14H,5-6H2. The van der Waals surface area contributed by atoms with Gasteiger partial charge in [-0.05, 0) is 35.4 Å². The molecule has 3 rings (SSSR count). The molecule has 1 aliphatic rings. The Morgan fingerprint density at radius 2 is 1.89 bits per heavy atom. The summed E-state index contributed by atoms with van der Waals surface area (Å²) in [6.45, 7) is 0.649. The molecule has 0 N–H and O–H groups in total. The van der Waals surface area contributed by atoms with Gasteiger partial charge in [-0.25, -0.2) is 4.39 Å². The first kappa shape index (κ1) is 12.8. The topological polar surface area (TPSA) is 9.23 Å². The summed E-state index contributed by atoms with van der Waals surface area (Å²) < 4.78 is 18.6. The lowest BCUT2D eigenvalue weighted by atomic mass is 10.0. The fraction of sp³-hybridized carbons (Fsp3) is 0.200. The summed E-state index contributed by atoms with van der Waals surface area (Å²) in [4.78, 5) is 0. The smallest absolute Gasteiger partial charge is 0.127 e. The van der Waals surface area contributed by atoms with Gasteiger partial charge in [0.05, 0.1) is 12.0 Å². The number of ether oxygens (including phenoxy) is 1. The number of hydrogen-bond donors (Lipinski definition) is 0. The van der Waals surface area contributed by atoms with Crippen LogP contribution in [-0.4, -0.2) is 6.61 Å². The van der Waals surface area contributed by atoms with E-state index in [1.165, 1.54) is 12.1 Å². The summed E-state index contributed by atoms with van der Waals surface area (Å²) in [5, 5.41) is 0.248. The molecule has 0 spiro atoms.